The molecule has 0 aromatic carbocycles. The van der Waals surface area contributed by atoms with Crippen molar-refractivity contribution in [3.05, 3.63) is 48.6 Å². The second-order valence-corrected chi connectivity index (χ2v) is 13.4. The van der Waals surface area contributed by atoms with E-state index >= 15 is 0 Å². The fourth-order valence-electron chi connectivity index (χ4n) is 5.84. The number of unbranched alkanes of at least 4 members (excludes halogenated alkanes) is 25. The summed E-state index contributed by atoms with van der Waals surface area (Å²) in [7, 11) is 0. The van der Waals surface area contributed by atoms with Gasteiger partial charge in [0, 0.05) is 12.8 Å². The fraction of sp³-hybridized carbons (Fsp3) is 0.762. The van der Waals surface area contributed by atoms with Gasteiger partial charge in [-0.25, -0.2) is 0 Å². The van der Waals surface area contributed by atoms with Crippen LogP contribution < -0.4 is 11.5 Å². The lowest BCUT2D eigenvalue weighted by atomic mass is 10.0. The summed E-state index contributed by atoms with van der Waals surface area (Å²) in [4.78, 5) is 21.4. The van der Waals surface area contributed by atoms with Gasteiger partial charge in [0.15, 0.2) is 0 Å². The molecule has 266 valence electrons. The number of carbonyl (C=O) groups excluding carboxylic acids is 2. The molecule has 0 spiro atoms. The summed E-state index contributed by atoms with van der Waals surface area (Å²) in [6.45, 7) is 0. The van der Waals surface area contributed by atoms with Crippen LogP contribution in [0.1, 0.15) is 205 Å². The topological polar surface area (TPSA) is 86.2 Å². The molecule has 0 aliphatic carbocycles. The van der Waals surface area contributed by atoms with Crippen LogP contribution in [0.25, 0.3) is 0 Å². The predicted molar refractivity (Wildman–Crippen MR) is 203 cm³/mol. The zero-order valence-electron chi connectivity index (χ0n) is 30.2. The number of nitrogens with two attached hydrogens (primary N) is 2. The van der Waals surface area contributed by atoms with Crippen LogP contribution >= 0.6 is 0 Å². The molecule has 4 heteroatoms. The van der Waals surface area contributed by atoms with E-state index in [1.165, 1.54) is 154 Å². The lowest BCUT2D eigenvalue weighted by molar-refractivity contribution is -0.119. The van der Waals surface area contributed by atoms with Gasteiger partial charge in [-0.05, 0) is 77.0 Å². The molecule has 0 radical (unpaired) electrons. The van der Waals surface area contributed by atoms with Gasteiger partial charge in [0.2, 0.25) is 11.8 Å². The van der Waals surface area contributed by atoms with Gasteiger partial charge in [-0.15, -0.1) is 0 Å². The Bertz CT molecular complexity index is 704. The van der Waals surface area contributed by atoms with Crippen molar-refractivity contribution >= 4 is 11.8 Å². The average molecular weight is 641 g/mol. The van der Waals surface area contributed by atoms with Crippen molar-refractivity contribution in [1.82, 2.24) is 0 Å². The molecule has 46 heavy (non-hydrogen) atoms. The van der Waals surface area contributed by atoms with Crippen molar-refractivity contribution < 1.29 is 9.59 Å². The summed E-state index contributed by atoms with van der Waals surface area (Å²) in [5.41, 5.74) is 10.3. The number of rotatable bonds is 37. The molecule has 0 rings (SSSR count). The molecule has 0 atom stereocenters. The first-order valence-electron chi connectivity index (χ1n) is 19.8. The molecule has 0 aromatic heterocycles. The van der Waals surface area contributed by atoms with Gasteiger partial charge in [0.1, 0.15) is 0 Å². The maximum absolute atomic E-state index is 10.7. The molecule has 0 aliphatic rings. The highest BCUT2D eigenvalue weighted by Gasteiger charge is 1.96. The van der Waals surface area contributed by atoms with E-state index in [1.807, 2.05) is 0 Å². The summed E-state index contributed by atoms with van der Waals surface area (Å²) in [6, 6.07) is 0. The van der Waals surface area contributed by atoms with Gasteiger partial charge in [-0.1, -0.05) is 164 Å². The van der Waals surface area contributed by atoms with Gasteiger partial charge >= 0.3 is 0 Å². The van der Waals surface area contributed by atoms with Crippen molar-refractivity contribution in [2.75, 3.05) is 0 Å². The molecule has 0 fully saturated rings. The minimum absolute atomic E-state index is 0.170. The van der Waals surface area contributed by atoms with E-state index in [-0.39, 0.29) is 11.8 Å². The van der Waals surface area contributed by atoms with Crippen LogP contribution in [0, 0.1) is 0 Å². The standard InChI is InChI=1S/C42H76N2O2/c43-41(45)39-37-35-33-31-29-27-25-23-21-19-17-15-13-11-9-7-5-3-1-2-4-6-8-10-12-14-16-18-20-22-24-26-28-30-32-34-36-38-40-42(44)46/h17-20,23-26H,1-16,21-22,27-40H2,(H2,43,45)(H2,44,46)/b19-17-,20-18-,25-23-,26-24-. The first kappa shape index (κ1) is 43.9. The zero-order valence-corrected chi connectivity index (χ0v) is 30.2. The number of carbonyl (C=O) groups is 2. The SMILES string of the molecule is NC(=O)CCCCCCC/C=C\C/C=C\CCCCCCCCCCCCCCCC/C=C\C/C=C\CCCCCCCC(N)=O. The number of hydrogen-bond donors (Lipinski definition) is 2. The van der Waals surface area contributed by atoms with E-state index in [2.05, 4.69) is 48.6 Å². The lowest BCUT2D eigenvalue weighted by Crippen LogP contribution is -2.09. The van der Waals surface area contributed by atoms with E-state index in [0.29, 0.717) is 12.8 Å². The molecule has 0 aromatic rings. The molecule has 0 saturated carbocycles. The Hall–Kier alpha value is -2.10. The fourth-order valence-corrected chi connectivity index (χ4v) is 5.84. The Morgan fingerprint density at radius 1 is 0.283 bits per heavy atom. The average Bonchev–Trinajstić information content (AvgIpc) is 3.03. The van der Waals surface area contributed by atoms with Crippen LogP contribution in [-0.4, -0.2) is 11.8 Å². The molecule has 0 saturated heterocycles. The molecule has 0 aliphatic heterocycles. The predicted octanol–water partition coefficient (Wildman–Crippen LogP) is 12.7. The molecular formula is C42H76N2O2. The van der Waals surface area contributed by atoms with Gasteiger partial charge in [-0.2, -0.15) is 0 Å². The Balaban J connectivity index is 3.21. The molecule has 2 amide bonds. The van der Waals surface area contributed by atoms with Gasteiger partial charge in [-0.3, -0.25) is 9.59 Å². The van der Waals surface area contributed by atoms with Crippen LogP contribution in [0.15, 0.2) is 48.6 Å². The van der Waals surface area contributed by atoms with Crippen LogP contribution in [-0.2, 0) is 9.59 Å². The van der Waals surface area contributed by atoms with Gasteiger partial charge in [0.25, 0.3) is 0 Å². The van der Waals surface area contributed by atoms with Crippen molar-refractivity contribution in [2.45, 2.75) is 205 Å². The third-order valence-corrected chi connectivity index (χ3v) is 8.79. The van der Waals surface area contributed by atoms with E-state index in [4.69, 9.17) is 11.5 Å². The van der Waals surface area contributed by atoms with Crippen molar-refractivity contribution in [3.8, 4) is 0 Å². The largest absolute Gasteiger partial charge is 0.370 e. The van der Waals surface area contributed by atoms with E-state index in [0.717, 1.165) is 38.5 Å². The van der Waals surface area contributed by atoms with Gasteiger partial charge in [0.05, 0.1) is 0 Å². The third-order valence-electron chi connectivity index (χ3n) is 8.79. The van der Waals surface area contributed by atoms with E-state index in [1.54, 1.807) is 0 Å². The summed E-state index contributed by atoms with van der Waals surface area (Å²) in [5, 5.41) is 0. The third kappa shape index (κ3) is 41.9. The highest BCUT2D eigenvalue weighted by molar-refractivity contribution is 5.73. The monoisotopic (exact) mass is 641 g/mol. The zero-order chi connectivity index (χ0) is 33.4. The smallest absolute Gasteiger partial charge is 0.217 e. The second kappa shape index (κ2) is 39.1. The minimum atomic E-state index is -0.170. The normalized spacial score (nSPS) is 12.1. The van der Waals surface area contributed by atoms with Crippen LogP contribution in [0.3, 0.4) is 0 Å². The molecule has 4 nitrogen and oxygen atoms in total. The van der Waals surface area contributed by atoms with Crippen molar-refractivity contribution in [3.63, 3.8) is 0 Å². The lowest BCUT2D eigenvalue weighted by Gasteiger charge is -2.03. The Morgan fingerprint density at radius 3 is 0.696 bits per heavy atom. The highest BCUT2D eigenvalue weighted by Crippen LogP contribution is 2.14. The number of amides is 2. The second-order valence-electron chi connectivity index (χ2n) is 13.4. The number of hydrogen-bond acceptors (Lipinski definition) is 2. The van der Waals surface area contributed by atoms with Crippen LogP contribution in [0.2, 0.25) is 0 Å². The molecular weight excluding hydrogens is 564 g/mol. The maximum atomic E-state index is 10.7. The summed E-state index contributed by atoms with van der Waals surface area (Å²) < 4.78 is 0. The molecule has 0 unspecified atom stereocenters. The molecule has 0 bridgehead atoms. The first-order valence-corrected chi connectivity index (χ1v) is 19.8. The van der Waals surface area contributed by atoms with Crippen molar-refractivity contribution in [2.24, 2.45) is 11.5 Å². The highest BCUT2D eigenvalue weighted by atomic mass is 16.1. The van der Waals surface area contributed by atoms with E-state index in [9.17, 15) is 9.59 Å². The maximum Gasteiger partial charge on any atom is 0.217 e. The van der Waals surface area contributed by atoms with Gasteiger partial charge < -0.3 is 11.5 Å². The Morgan fingerprint density at radius 2 is 0.478 bits per heavy atom. The first-order chi connectivity index (χ1) is 22.6. The molecule has 0 heterocycles. The Kier molecular flexibility index (Phi) is 37.3. The Labute approximate surface area is 286 Å². The summed E-state index contributed by atoms with van der Waals surface area (Å²) in [6.07, 6.45) is 58.0. The van der Waals surface area contributed by atoms with Crippen molar-refractivity contribution in [1.29, 1.82) is 0 Å². The summed E-state index contributed by atoms with van der Waals surface area (Å²) in [5.74, 6) is -0.340. The summed E-state index contributed by atoms with van der Waals surface area (Å²) >= 11 is 0. The minimum Gasteiger partial charge on any atom is -0.370 e. The quantitative estimate of drug-likeness (QED) is 0.0523. The van der Waals surface area contributed by atoms with Crippen LogP contribution in [0.4, 0.5) is 0 Å². The van der Waals surface area contributed by atoms with E-state index < -0.39 is 0 Å². The molecule has 4 N–H and O–H groups in total. The number of allylic oxidation sites excluding steroid dienone is 8. The number of primary amides is 2. The van der Waals surface area contributed by atoms with Crippen LogP contribution in [0.5, 0.6) is 0 Å².